The Morgan fingerprint density at radius 1 is 1.10 bits per heavy atom. The number of hydrogen-bond donors (Lipinski definition) is 2. The second-order valence-electron chi connectivity index (χ2n) is 5.58. The Balaban J connectivity index is 2.11. The largest absolute Gasteiger partial charge is 0.304 e. The lowest BCUT2D eigenvalue weighted by atomic mass is 9.86. The van der Waals surface area contributed by atoms with Crippen LogP contribution in [0.5, 0.6) is 0 Å². The second-order valence-corrected chi connectivity index (χ2v) is 5.58. The molecule has 0 saturated carbocycles. The van der Waals surface area contributed by atoms with E-state index in [0.29, 0.717) is 11.4 Å². The fraction of sp³-hybridized carbons (Fsp3) is 0.267. The van der Waals surface area contributed by atoms with Crippen molar-refractivity contribution in [1.82, 2.24) is 10.2 Å². The van der Waals surface area contributed by atoms with Gasteiger partial charge in [-0.05, 0) is 11.0 Å². The molecule has 0 aliphatic carbocycles. The van der Waals surface area contributed by atoms with Crippen LogP contribution in [-0.4, -0.2) is 21.9 Å². The zero-order valence-corrected chi connectivity index (χ0v) is 11.7. The Morgan fingerprint density at radius 3 is 2.25 bits per heavy atom. The van der Waals surface area contributed by atoms with Crippen molar-refractivity contribution < 1.29 is 9.59 Å². The van der Waals surface area contributed by atoms with Crippen LogP contribution in [0.3, 0.4) is 0 Å². The highest BCUT2D eigenvalue weighted by Crippen LogP contribution is 2.22. The minimum absolute atomic E-state index is 0.0136. The molecule has 20 heavy (non-hydrogen) atoms. The molecule has 0 saturated heterocycles. The molecule has 0 aliphatic heterocycles. The third kappa shape index (κ3) is 3.12. The number of carbonyl (C=O) groups excluding carboxylic acids is 2. The van der Waals surface area contributed by atoms with Crippen molar-refractivity contribution in [3.63, 3.8) is 0 Å². The average Bonchev–Trinajstić information content (AvgIpc) is 2.90. The first-order valence-electron chi connectivity index (χ1n) is 6.33. The van der Waals surface area contributed by atoms with Gasteiger partial charge in [0.25, 0.3) is 11.7 Å². The second kappa shape index (κ2) is 5.28. The van der Waals surface area contributed by atoms with Crippen molar-refractivity contribution in [3.8, 4) is 0 Å². The van der Waals surface area contributed by atoms with Gasteiger partial charge in [0.1, 0.15) is 5.82 Å². The van der Waals surface area contributed by atoms with Crippen molar-refractivity contribution in [2.24, 2.45) is 0 Å². The molecule has 1 heterocycles. The van der Waals surface area contributed by atoms with E-state index in [2.05, 4.69) is 36.3 Å². The zero-order valence-electron chi connectivity index (χ0n) is 11.7. The van der Waals surface area contributed by atoms with Gasteiger partial charge in [-0.15, -0.1) is 0 Å². The number of benzene rings is 1. The molecule has 0 bridgehead atoms. The summed E-state index contributed by atoms with van der Waals surface area (Å²) in [5.74, 6) is -0.854. The molecular weight excluding hydrogens is 254 g/mol. The third-order valence-electron chi connectivity index (χ3n) is 2.97. The lowest BCUT2D eigenvalue weighted by Gasteiger charge is -2.18. The van der Waals surface area contributed by atoms with E-state index in [1.165, 1.54) is 6.20 Å². The average molecular weight is 271 g/mol. The number of amides is 1. The Bertz CT molecular complexity index is 608. The van der Waals surface area contributed by atoms with Crippen LogP contribution in [-0.2, 0) is 10.2 Å². The molecule has 0 spiro atoms. The highest BCUT2D eigenvalue weighted by Gasteiger charge is 2.18. The summed E-state index contributed by atoms with van der Waals surface area (Å²) in [4.78, 5) is 23.8. The molecule has 2 rings (SSSR count). The van der Waals surface area contributed by atoms with E-state index < -0.39 is 11.7 Å². The molecule has 104 valence electrons. The molecule has 5 heteroatoms. The molecule has 0 atom stereocenters. The van der Waals surface area contributed by atoms with E-state index in [-0.39, 0.29) is 5.41 Å². The van der Waals surface area contributed by atoms with Crippen LogP contribution >= 0.6 is 0 Å². The molecule has 0 fully saturated rings. The third-order valence-corrected chi connectivity index (χ3v) is 2.97. The van der Waals surface area contributed by atoms with Crippen LogP contribution in [0, 0.1) is 0 Å². The number of anilines is 1. The van der Waals surface area contributed by atoms with Crippen molar-refractivity contribution >= 4 is 17.5 Å². The topological polar surface area (TPSA) is 74.8 Å². The maximum atomic E-state index is 12.0. The first-order valence-corrected chi connectivity index (χ1v) is 6.33. The number of H-pyrrole nitrogens is 1. The van der Waals surface area contributed by atoms with Crippen LogP contribution in [0.2, 0.25) is 0 Å². The molecule has 1 amide bonds. The highest BCUT2D eigenvalue weighted by molar-refractivity contribution is 6.46. The van der Waals surface area contributed by atoms with Gasteiger partial charge in [0.2, 0.25) is 0 Å². The number of carbonyl (C=O) groups is 2. The number of ketones is 1. The zero-order chi connectivity index (χ0) is 14.8. The van der Waals surface area contributed by atoms with E-state index in [4.69, 9.17) is 0 Å². The smallest absolute Gasteiger partial charge is 0.297 e. The van der Waals surface area contributed by atoms with E-state index >= 15 is 0 Å². The van der Waals surface area contributed by atoms with Crippen molar-refractivity contribution in [2.75, 3.05) is 5.32 Å². The molecule has 1 aromatic carbocycles. The summed E-state index contributed by atoms with van der Waals surface area (Å²) < 4.78 is 0. The van der Waals surface area contributed by atoms with Gasteiger partial charge in [-0.1, -0.05) is 45.0 Å². The van der Waals surface area contributed by atoms with Crippen molar-refractivity contribution in [2.45, 2.75) is 26.2 Å². The number of rotatable bonds is 3. The molecule has 0 aliphatic rings. The Morgan fingerprint density at radius 2 is 1.75 bits per heavy atom. The number of nitrogens with one attached hydrogen (secondary N) is 2. The van der Waals surface area contributed by atoms with E-state index in [9.17, 15) is 9.59 Å². The minimum atomic E-state index is -0.683. The number of hydrogen-bond acceptors (Lipinski definition) is 3. The maximum absolute atomic E-state index is 12.0. The summed E-state index contributed by atoms with van der Waals surface area (Å²) in [6, 6.07) is 8.67. The van der Waals surface area contributed by atoms with Crippen LogP contribution in [0.15, 0.2) is 36.5 Å². The molecule has 5 nitrogen and oxygen atoms in total. The first kappa shape index (κ1) is 14.0. The molecule has 2 aromatic rings. The monoisotopic (exact) mass is 271 g/mol. The standard InChI is InChI=1S/C15H17N3O2/c1-15(2,3)11-6-4-10(5-7-11)13(19)14(20)17-12-8-9-16-18-12/h4-9H,1-3H3,(H2,16,17,18,20). The van der Waals surface area contributed by atoms with Crippen molar-refractivity contribution in [1.29, 1.82) is 0 Å². The van der Waals surface area contributed by atoms with Gasteiger partial charge in [0, 0.05) is 11.6 Å². The van der Waals surface area contributed by atoms with Gasteiger partial charge < -0.3 is 5.32 Å². The number of nitrogens with zero attached hydrogens (tertiary/aromatic N) is 1. The van der Waals surface area contributed by atoms with Gasteiger partial charge in [0.05, 0.1) is 6.20 Å². The molecule has 2 N–H and O–H groups in total. The number of aromatic nitrogens is 2. The number of Topliss-reactive ketones (excluding diaryl/α,β-unsaturated/α-hetero) is 1. The molecule has 0 radical (unpaired) electrons. The lowest BCUT2D eigenvalue weighted by molar-refractivity contribution is -0.112. The van der Waals surface area contributed by atoms with E-state index in [1.807, 2.05) is 12.1 Å². The summed E-state index contributed by atoms with van der Waals surface area (Å²) in [5, 5.41) is 8.72. The predicted molar refractivity (Wildman–Crippen MR) is 76.7 cm³/mol. The van der Waals surface area contributed by atoms with Crippen LogP contribution in [0.25, 0.3) is 0 Å². The summed E-state index contributed by atoms with van der Waals surface area (Å²) in [5.41, 5.74) is 1.50. The molecular formula is C15H17N3O2. The van der Waals surface area contributed by atoms with Crippen LogP contribution in [0.1, 0.15) is 36.7 Å². The summed E-state index contributed by atoms with van der Waals surface area (Å²) in [7, 11) is 0. The lowest BCUT2D eigenvalue weighted by Crippen LogP contribution is -2.23. The normalized spacial score (nSPS) is 11.2. The highest BCUT2D eigenvalue weighted by atomic mass is 16.2. The summed E-state index contributed by atoms with van der Waals surface area (Å²) in [6.45, 7) is 6.28. The van der Waals surface area contributed by atoms with Crippen LogP contribution in [0.4, 0.5) is 5.82 Å². The minimum Gasteiger partial charge on any atom is -0.304 e. The Hall–Kier alpha value is -2.43. The fourth-order valence-electron chi connectivity index (χ4n) is 1.76. The van der Waals surface area contributed by atoms with Gasteiger partial charge in [-0.2, -0.15) is 5.10 Å². The van der Waals surface area contributed by atoms with Crippen LogP contribution < -0.4 is 5.32 Å². The van der Waals surface area contributed by atoms with Crippen molar-refractivity contribution in [3.05, 3.63) is 47.7 Å². The van der Waals surface area contributed by atoms with Gasteiger partial charge >= 0.3 is 0 Å². The molecule has 1 aromatic heterocycles. The first-order chi connectivity index (χ1) is 9.38. The SMILES string of the molecule is CC(C)(C)c1ccc(C(=O)C(=O)Nc2ccn[nH]2)cc1. The Labute approximate surface area is 117 Å². The number of aromatic amines is 1. The fourth-order valence-corrected chi connectivity index (χ4v) is 1.76. The summed E-state index contributed by atoms with van der Waals surface area (Å²) >= 11 is 0. The van der Waals surface area contributed by atoms with E-state index in [1.54, 1.807) is 18.2 Å². The quantitative estimate of drug-likeness (QED) is 0.665. The molecule has 0 unspecified atom stereocenters. The van der Waals surface area contributed by atoms with Gasteiger partial charge in [0.15, 0.2) is 0 Å². The van der Waals surface area contributed by atoms with E-state index in [0.717, 1.165) is 5.56 Å². The van der Waals surface area contributed by atoms with Gasteiger partial charge in [-0.25, -0.2) is 0 Å². The summed E-state index contributed by atoms with van der Waals surface area (Å²) in [6.07, 6.45) is 1.50. The predicted octanol–water partition coefficient (Wildman–Crippen LogP) is 2.53. The maximum Gasteiger partial charge on any atom is 0.297 e. The Kier molecular flexibility index (Phi) is 3.70. The van der Waals surface area contributed by atoms with Gasteiger partial charge in [-0.3, -0.25) is 14.7 Å².